The fraction of sp³-hybridized carbons (Fsp3) is 0.250. The molecule has 20 heavy (non-hydrogen) atoms. The van der Waals surface area contributed by atoms with Crippen LogP contribution in [0, 0.1) is 6.92 Å². The highest BCUT2D eigenvalue weighted by Crippen LogP contribution is 2.14. The highest BCUT2D eigenvalue weighted by molar-refractivity contribution is 5.90. The van der Waals surface area contributed by atoms with Crippen molar-refractivity contribution in [3.05, 3.63) is 53.9 Å². The van der Waals surface area contributed by atoms with Crippen LogP contribution in [0.15, 0.2) is 42.6 Å². The Morgan fingerprint density at radius 1 is 1.30 bits per heavy atom. The zero-order valence-corrected chi connectivity index (χ0v) is 11.7. The minimum Gasteiger partial charge on any atom is -0.497 e. The number of rotatable bonds is 5. The Hall–Kier alpha value is -2.36. The van der Waals surface area contributed by atoms with Crippen LogP contribution in [0.5, 0.6) is 5.75 Å². The van der Waals surface area contributed by atoms with Crippen molar-refractivity contribution in [1.82, 2.24) is 4.98 Å². The molecule has 0 fully saturated rings. The first kappa shape index (κ1) is 14.1. The van der Waals surface area contributed by atoms with Crippen LogP contribution in [0.1, 0.15) is 17.7 Å². The van der Waals surface area contributed by atoms with Gasteiger partial charge in [0.05, 0.1) is 19.0 Å². The number of pyridine rings is 1. The SMILES string of the molecule is COc1cccc(CCC(=O)Nc2ccc(C)nc2)c1. The number of anilines is 1. The molecule has 0 unspecified atom stereocenters. The Labute approximate surface area is 118 Å². The first-order valence-electron chi connectivity index (χ1n) is 6.53. The minimum absolute atomic E-state index is 0.0153. The summed E-state index contributed by atoms with van der Waals surface area (Å²) in [6.07, 6.45) is 2.78. The average molecular weight is 270 g/mol. The zero-order chi connectivity index (χ0) is 14.4. The monoisotopic (exact) mass is 270 g/mol. The van der Waals surface area contributed by atoms with E-state index in [-0.39, 0.29) is 5.91 Å². The lowest BCUT2D eigenvalue weighted by atomic mass is 10.1. The maximum absolute atomic E-state index is 11.9. The smallest absolute Gasteiger partial charge is 0.224 e. The molecule has 0 radical (unpaired) electrons. The van der Waals surface area contributed by atoms with Gasteiger partial charge in [0.1, 0.15) is 5.75 Å². The second-order valence-electron chi connectivity index (χ2n) is 4.59. The van der Waals surface area contributed by atoms with Crippen molar-refractivity contribution in [3.8, 4) is 5.75 Å². The number of nitrogens with zero attached hydrogens (tertiary/aromatic N) is 1. The number of methoxy groups -OCH3 is 1. The van der Waals surface area contributed by atoms with E-state index < -0.39 is 0 Å². The lowest BCUT2D eigenvalue weighted by Gasteiger charge is -2.06. The lowest BCUT2D eigenvalue weighted by Crippen LogP contribution is -2.12. The van der Waals surface area contributed by atoms with Gasteiger partial charge in [0.2, 0.25) is 5.91 Å². The molecule has 0 aliphatic heterocycles. The normalized spacial score (nSPS) is 10.1. The molecule has 0 spiro atoms. The van der Waals surface area contributed by atoms with E-state index in [0.29, 0.717) is 12.8 Å². The molecule has 104 valence electrons. The summed E-state index contributed by atoms with van der Waals surface area (Å²) in [5.41, 5.74) is 2.74. The van der Waals surface area contributed by atoms with E-state index in [9.17, 15) is 4.79 Å². The van der Waals surface area contributed by atoms with Crippen molar-refractivity contribution in [3.63, 3.8) is 0 Å². The first-order valence-corrected chi connectivity index (χ1v) is 6.53. The van der Waals surface area contributed by atoms with E-state index in [0.717, 1.165) is 22.7 Å². The Morgan fingerprint density at radius 3 is 2.85 bits per heavy atom. The van der Waals surface area contributed by atoms with Crippen LogP contribution in [-0.4, -0.2) is 18.0 Å². The van der Waals surface area contributed by atoms with E-state index in [2.05, 4.69) is 10.3 Å². The zero-order valence-electron chi connectivity index (χ0n) is 11.7. The fourth-order valence-electron chi connectivity index (χ4n) is 1.85. The Balaban J connectivity index is 1.87. The molecule has 0 saturated carbocycles. The van der Waals surface area contributed by atoms with Crippen LogP contribution >= 0.6 is 0 Å². The fourth-order valence-corrected chi connectivity index (χ4v) is 1.85. The molecule has 0 saturated heterocycles. The number of hydrogen-bond acceptors (Lipinski definition) is 3. The summed E-state index contributed by atoms with van der Waals surface area (Å²) < 4.78 is 5.16. The topological polar surface area (TPSA) is 51.2 Å². The summed E-state index contributed by atoms with van der Waals surface area (Å²) in [4.78, 5) is 16.0. The van der Waals surface area contributed by atoms with E-state index >= 15 is 0 Å². The Kier molecular flexibility index (Phi) is 4.71. The molecule has 2 rings (SSSR count). The molecule has 1 amide bonds. The molecule has 0 aliphatic carbocycles. The van der Waals surface area contributed by atoms with Crippen LogP contribution in [0.3, 0.4) is 0 Å². The van der Waals surface area contributed by atoms with E-state index in [4.69, 9.17) is 4.74 Å². The maximum Gasteiger partial charge on any atom is 0.224 e. The highest BCUT2D eigenvalue weighted by Gasteiger charge is 2.04. The van der Waals surface area contributed by atoms with E-state index in [1.807, 2.05) is 43.3 Å². The number of amides is 1. The second-order valence-corrected chi connectivity index (χ2v) is 4.59. The predicted molar refractivity (Wildman–Crippen MR) is 78.9 cm³/mol. The van der Waals surface area contributed by atoms with Crippen molar-refractivity contribution >= 4 is 11.6 Å². The van der Waals surface area contributed by atoms with Crippen molar-refractivity contribution in [1.29, 1.82) is 0 Å². The van der Waals surface area contributed by atoms with Crippen LogP contribution in [0.2, 0.25) is 0 Å². The number of nitrogens with one attached hydrogen (secondary N) is 1. The lowest BCUT2D eigenvalue weighted by molar-refractivity contribution is -0.116. The number of hydrogen-bond donors (Lipinski definition) is 1. The van der Waals surface area contributed by atoms with Gasteiger partial charge in [0, 0.05) is 12.1 Å². The predicted octanol–water partition coefficient (Wildman–Crippen LogP) is 2.97. The van der Waals surface area contributed by atoms with Crippen LogP contribution in [-0.2, 0) is 11.2 Å². The third kappa shape index (κ3) is 4.09. The molecule has 2 aromatic rings. The molecular weight excluding hydrogens is 252 g/mol. The third-order valence-corrected chi connectivity index (χ3v) is 2.97. The van der Waals surface area contributed by atoms with Gasteiger partial charge in [-0.15, -0.1) is 0 Å². The van der Waals surface area contributed by atoms with Gasteiger partial charge in [-0.1, -0.05) is 12.1 Å². The van der Waals surface area contributed by atoms with Gasteiger partial charge in [0.25, 0.3) is 0 Å². The quantitative estimate of drug-likeness (QED) is 0.908. The molecule has 0 bridgehead atoms. The van der Waals surface area contributed by atoms with Gasteiger partial charge in [-0.3, -0.25) is 9.78 Å². The van der Waals surface area contributed by atoms with Crippen molar-refractivity contribution in [2.24, 2.45) is 0 Å². The molecule has 1 heterocycles. The number of carbonyl (C=O) groups excluding carboxylic acids is 1. The molecular formula is C16H18N2O2. The maximum atomic E-state index is 11.9. The summed E-state index contributed by atoms with van der Waals surface area (Å²) in [6, 6.07) is 11.5. The van der Waals surface area contributed by atoms with Crippen LogP contribution < -0.4 is 10.1 Å². The molecule has 0 aliphatic rings. The summed E-state index contributed by atoms with van der Waals surface area (Å²) in [7, 11) is 1.64. The minimum atomic E-state index is -0.0153. The number of carbonyl (C=O) groups is 1. The molecule has 1 N–H and O–H groups in total. The summed E-state index contributed by atoms with van der Waals surface area (Å²) in [5, 5.41) is 2.84. The summed E-state index contributed by atoms with van der Waals surface area (Å²) >= 11 is 0. The first-order chi connectivity index (χ1) is 9.67. The Morgan fingerprint density at radius 2 is 2.15 bits per heavy atom. The van der Waals surface area contributed by atoms with Crippen molar-refractivity contribution in [2.75, 3.05) is 12.4 Å². The standard InChI is InChI=1S/C16H18N2O2/c1-12-6-8-14(11-17-12)18-16(19)9-7-13-4-3-5-15(10-13)20-2/h3-6,8,10-11H,7,9H2,1-2H3,(H,18,19). The van der Waals surface area contributed by atoms with Crippen LogP contribution in [0.4, 0.5) is 5.69 Å². The summed E-state index contributed by atoms with van der Waals surface area (Å²) in [6.45, 7) is 1.91. The van der Waals surface area contributed by atoms with E-state index in [1.54, 1.807) is 13.3 Å². The Bertz CT molecular complexity index is 579. The molecule has 1 aromatic carbocycles. The molecule has 4 heteroatoms. The van der Waals surface area contributed by atoms with Gasteiger partial charge >= 0.3 is 0 Å². The molecule has 0 atom stereocenters. The average Bonchev–Trinajstić information content (AvgIpc) is 2.48. The van der Waals surface area contributed by atoms with Gasteiger partial charge in [-0.2, -0.15) is 0 Å². The second kappa shape index (κ2) is 6.70. The molecule has 1 aromatic heterocycles. The van der Waals surface area contributed by atoms with Crippen molar-refractivity contribution < 1.29 is 9.53 Å². The van der Waals surface area contributed by atoms with Gasteiger partial charge < -0.3 is 10.1 Å². The largest absolute Gasteiger partial charge is 0.497 e. The highest BCUT2D eigenvalue weighted by atomic mass is 16.5. The summed E-state index contributed by atoms with van der Waals surface area (Å²) in [5.74, 6) is 0.795. The van der Waals surface area contributed by atoms with Gasteiger partial charge in [-0.25, -0.2) is 0 Å². The molecule has 4 nitrogen and oxygen atoms in total. The van der Waals surface area contributed by atoms with E-state index in [1.165, 1.54) is 0 Å². The third-order valence-electron chi connectivity index (χ3n) is 2.97. The number of benzene rings is 1. The van der Waals surface area contributed by atoms with Gasteiger partial charge in [0.15, 0.2) is 0 Å². The number of aryl methyl sites for hydroxylation is 2. The number of ether oxygens (including phenoxy) is 1. The van der Waals surface area contributed by atoms with Crippen molar-refractivity contribution in [2.45, 2.75) is 19.8 Å². The number of aromatic nitrogens is 1. The van der Waals surface area contributed by atoms with Crippen LogP contribution in [0.25, 0.3) is 0 Å². The van der Waals surface area contributed by atoms with Gasteiger partial charge in [-0.05, 0) is 43.2 Å².